The average Bonchev–Trinajstić information content (AvgIpc) is 2.87. The second kappa shape index (κ2) is 9.15. The molecule has 0 radical (unpaired) electrons. The first kappa shape index (κ1) is 24.7. The minimum atomic E-state index is -1.68. The maximum atomic E-state index is 14.2. The molecule has 5 rings (SSSR count). The SMILES string of the molecule is COc1ccc(CCN2C(=O)NC(=O)[C@@]3(Cc4cc([N+](=O)[O-])ccc4N4C[C@@H](C)O[C@H](C)[C@@H]43)C2=O)cc1. The minimum absolute atomic E-state index is 0.0617. The number of carbonyl (C=O) groups is 3. The van der Waals surface area contributed by atoms with E-state index in [1.165, 1.54) is 12.1 Å². The predicted octanol–water partition coefficient (Wildman–Crippen LogP) is 2.45. The number of morpholine rings is 1. The number of rotatable bonds is 5. The molecule has 11 heteroatoms. The number of barbiturate groups is 1. The summed E-state index contributed by atoms with van der Waals surface area (Å²) < 4.78 is 11.3. The second-order valence-corrected chi connectivity index (χ2v) is 9.78. The van der Waals surface area contributed by atoms with Crippen molar-refractivity contribution in [2.45, 2.75) is 44.9 Å². The number of amides is 4. The van der Waals surface area contributed by atoms with Crippen LogP contribution in [0.4, 0.5) is 16.2 Å². The minimum Gasteiger partial charge on any atom is -0.497 e. The van der Waals surface area contributed by atoms with Crippen LogP contribution in [0.5, 0.6) is 5.75 Å². The first-order valence-corrected chi connectivity index (χ1v) is 12.2. The van der Waals surface area contributed by atoms with Crippen molar-refractivity contribution in [3.05, 3.63) is 63.7 Å². The largest absolute Gasteiger partial charge is 0.497 e. The lowest BCUT2D eigenvalue weighted by Crippen LogP contribution is -2.75. The van der Waals surface area contributed by atoms with Gasteiger partial charge in [-0.15, -0.1) is 0 Å². The molecule has 37 heavy (non-hydrogen) atoms. The molecular weight excluding hydrogens is 480 g/mol. The molecule has 0 unspecified atom stereocenters. The Morgan fingerprint density at radius 3 is 2.57 bits per heavy atom. The number of ether oxygens (including phenoxy) is 2. The third-order valence-corrected chi connectivity index (χ3v) is 7.52. The molecule has 1 spiro atoms. The van der Waals surface area contributed by atoms with Crippen LogP contribution in [0.2, 0.25) is 0 Å². The van der Waals surface area contributed by atoms with Gasteiger partial charge in [-0.25, -0.2) is 4.79 Å². The Balaban J connectivity index is 1.54. The summed E-state index contributed by atoms with van der Waals surface area (Å²) in [5.41, 5.74) is 0.320. The van der Waals surface area contributed by atoms with E-state index in [0.29, 0.717) is 24.3 Å². The van der Waals surface area contributed by atoms with Crippen molar-refractivity contribution in [3.63, 3.8) is 0 Å². The van der Waals surface area contributed by atoms with Gasteiger partial charge in [0.25, 0.3) is 5.69 Å². The van der Waals surface area contributed by atoms with Crippen molar-refractivity contribution in [2.75, 3.05) is 25.1 Å². The molecule has 0 aromatic heterocycles. The van der Waals surface area contributed by atoms with Gasteiger partial charge in [-0.2, -0.15) is 0 Å². The molecule has 1 N–H and O–H groups in total. The number of non-ortho nitro benzene ring substituents is 1. The molecule has 4 atom stereocenters. The third kappa shape index (κ3) is 3.99. The van der Waals surface area contributed by atoms with Crippen molar-refractivity contribution < 1.29 is 28.8 Å². The molecular formula is C26H28N4O7. The van der Waals surface area contributed by atoms with E-state index < -0.39 is 40.3 Å². The number of hydrogen-bond donors (Lipinski definition) is 1. The van der Waals surface area contributed by atoms with Crippen molar-refractivity contribution in [1.29, 1.82) is 0 Å². The number of nitrogens with zero attached hydrogens (tertiary/aromatic N) is 3. The Morgan fingerprint density at radius 2 is 1.89 bits per heavy atom. The van der Waals surface area contributed by atoms with Crippen molar-refractivity contribution in [2.24, 2.45) is 5.41 Å². The topological polar surface area (TPSA) is 131 Å². The first-order chi connectivity index (χ1) is 17.6. The number of methoxy groups -OCH3 is 1. The van der Waals surface area contributed by atoms with Crippen LogP contribution in [-0.4, -0.2) is 66.1 Å². The van der Waals surface area contributed by atoms with Crippen LogP contribution < -0.4 is 15.0 Å². The highest BCUT2D eigenvalue weighted by atomic mass is 16.6. The maximum absolute atomic E-state index is 14.2. The number of urea groups is 1. The summed E-state index contributed by atoms with van der Waals surface area (Å²) >= 11 is 0. The lowest BCUT2D eigenvalue weighted by atomic mass is 9.66. The number of hydrogen-bond acceptors (Lipinski definition) is 8. The molecule has 0 saturated carbocycles. The highest BCUT2D eigenvalue weighted by Gasteiger charge is 2.64. The summed E-state index contributed by atoms with van der Waals surface area (Å²) in [6.45, 7) is 4.16. The van der Waals surface area contributed by atoms with E-state index in [2.05, 4.69) is 5.32 Å². The van der Waals surface area contributed by atoms with Gasteiger partial charge in [0.1, 0.15) is 5.75 Å². The van der Waals surface area contributed by atoms with Crippen LogP contribution in [0.25, 0.3) is 0 Å². The van der Waals surface area contributed by atoms with Gasteiger partial charge in [-0.05, 0) is 49.6 Å². The molecule has 11 nitrogen and oxygen atoms in total. The van der Waals surface area contributed by atoms with Crippen LogP contribution in [0, 0.1) is 15.5 Å². The van der Waals surface area contributed by atoms with Crippen molar-refractivity contribution in [3.8, 4) is 5.75 Å². The molecule has 2 aromatic rings. The molecule has 4 amide bonds. The highest BCUT2D eigenvalue weighted by Crippen LogP contribution is 2.48. The number of nitrogens with one attached hydrogen (secondary N) is 1. The average molecular weight is 509 g/mol. The summed E-state index contributed by atoms with van der Waals surface area (Å²) in [6.07, 6.45) is -0.408. The molecule has 0 aliphatic carbocycles. The third-order valence-electron chi connectivity index (χ3n) is 7.52. The van der Waals surface area contributed by atoms with E-state index in [-0.39, 0.29) is 24.8 Å². The lowest BCUT2D eigenvalue weighted by Gasteiger charge is -2.56. The van der Waals surface area contributed by atoms with Gasteiger partial charge in [0.15, 0.2) is 5.41 Å². The van der Waals surface area contributed by atoms with Crippen LogP contribution in [-0.2, 0) is 27.2 Å². The zero-order valence-electron chi connectivity index (χ0n) is 20.8. The van der Waals surface area contributed by atoms with Crippen LogP contribution >= 0.6 is 0 Å². The van der Waals surface area contributed by atoms with Crippen molar-refractivity contribution in [1.82, 2.24) is 10.2 Å². The summed E-state index contributed by atoms with van der Waals surface area (Å²) in [7, 11) is 1.57. The summed E-state index contributed by atoms with van der Waals surface area (Å²) in [5, 5.41) is 13.9. The van der Waals surface area contributed by atoms with Gasteiger partial charge >= 0.3 is 6.03 Å². The summed E-state index contributed by atoms with van der Waals surface area (Å²) in [4.78, 5) is 54.6. The van der Waals surface area contributed by atoms with Crippen LogP contribution in [0.1, 0.15) is 25.0 Å². The number of anilines is 1. The molecule has 3 aliphatic rings. The smallest absolute Gasteiger partial charge is 0.330 e. The molecule has 194 valence electrons. The fourth-order valence-corrected chi connectivity index (χ4v) is 5.91. The summed E-state index contributed by atoms with van der Waals surface area (Å²) in [5.74, 6) is -0.636. The van der Waals surface area contributed by atoms with E-state index in [1.807, 2.05) is 30.9 Å². The zero-order valence-corrected chi connectivity index (χ0v) is 20.8. The number of carbonyl (C=O) groups excluding carboxylic acids is 3. The lowest BCUT2D eigenvalue weighted by molar-refractivity contribution is -0.384. The molecule has 2 saturated heterocycles. The number of nitro benzene ring substituents is 1. The van der Waals surface area contributed by atoms with Crippen molar-refractivity contribution >= 4 is 29.2 Å². The Kier molecular flexibility index (Phi) is 6.10. The standard InChI is InChI=1S/C26H28N4O7/c1-15-14-29-21-9-6-19(30(34)35)12-18(21)13-26(22(29)16(2)37-15)23(31)27-25(33)28(24(26)32)11-10-17-4-7-20(36-3)8-5-17/h4-9,12,15-16,22H,10-11,13-14H2,1-3H3,(H,27,31,33)/t15-,16-,22-,26+/m1/s1. The quantitative estimate of drug-likeness (QED) is 0.370. The first-order valence-electron chi connectivity index (χ1n) is 12.2. The number of nitro groups is 1. The Labute approximate surface area is 213 Å². The van der Waals surface area contributed by atoms with Gasteiger partial charge in [-0.1, -0.05) is 12.1 Å². The van der Waals surface area contributed by atoms with Gasteiger partial charge in [0.2, 0.25) is 11.8 Å². The highest BCUT2D eigenvalue weighted by molar-refractivity contribution is 6.20. The van der Waals surface area contributed by atoms with E-state index in [9.17, 15) is 24.5 Å². The summed E-state index contributed by atoms with van der Waals surface area (Å²) in [6, 6.07) is 10.3. The van der Waals surface area contributed by atoms with Gasteiger partial charge in [0.05, 0.1) is 30.3 Å². The molecule has 3 heterocycles. The van der Waals surface area contributed by atoms with Gasteiger partial charge < -0.3 is 14.4 Å². The van der Waals surface area contributed by atoms with E-state index >= 15 is 0 Å². The Hall–Kier alpha value is -3.99. The fourth-order valence-electron chi connectivity index (χ4n) is 5.91. The van der Waals surface area contributed by atoms with E-state index in [4.69, 9.17) is 9.47 Å². The second-order valence-electron chi connectivity index (χ2n) is 9.78. The zero-order chi connectivity index (χ0) is 26.5. The van der Waals surface area contributed by atoms with E-state index in [1.54, 1.807) is 25.3 Å². The molecule has 2 fully saturated rings. The van der Waals surface area contributed by atoms with E-state index in [0.717, 1.165) is 16.2 Å². The number of imide groups is 2. The predicted molar refractivity (Wildman–Crippen MR) is 132 cm³/mol. The molecule has 3 aliphatic heterocycles. The number of benzene rings is 2. The Morgan fingerprint density at radius 1 is 1.16 bits per heavy atom. The normalized spacial score (nSPS) is 27.0. The fraction of sp³-hybridized carbons (Fsp3) is 0.423. The van der Waals surface area contributed by atoms with Crippen LogP contribution in [0.3, 0.4) is 0 Å². The maximum Gasteiger partial charge on any atom is 0.330 e. The van der Waals surface area contributed by atoms with Gasteiger partial charge in [-0.3, -0.25) is 29.9 Å². The Bertz CT molecular complexity index is 1280. The van der Waals surface area contributed by atoms with Crippen LogP contribution in [0.15, 0.2) is 42.5 Å². The number of fused-ring (bicyclic) bond motifs is 4. The van der Waals surface area contributed by atoms with Gasteiger partial charge in [0, 0.05) is 37.3 Å². The molecule has 2 aromatic carbocycles. The molecule has 0 bridgehead atoms. The monoisotopic (exact) mass is 508 g/mol.